The highest BCUT2D eigenvalue weighted by Gasteiger charge is 2.44. The summed E-state index contributed by atoms with van der Waals surface area (Å²) in [7, 11) is -1.93. The van der Waals surface area contributed by atoms with E-state index in [1.54, 1.807) is 0 Å². The van der Waals surface area contributed by atoms with Crippen LogP contribution in [-0.4, -0.2) is 56.7 Å². The minimum absolute atomic E-state index is 0.00423. The maximum atomic E-state index is 13.2. The quantitative estimate of drug-likeness (QED) is 0.364. The van der Waals surface area contributed by atoms with E-state index < -0.39 is 13.9 Å². The summed E-state index contributed by atoms with van der Waals surface area (Å²) >= 11 is 10.1. The van der Waals surface area contributed by atoms with Gasteiger partial charge in [0.05, 0.1) is 18.3 Å². The lowest BCUT2D eigenvalue weighted by Gasteiger charge is -2.38. The smallest absolute Gasteiger partial charge is 0.410 e. The van der Waals surface area contributed by atoms with E-state index in [9.17, 15) is 4.79 Å². The van der Waals surface area contributed by atoms with Gasteiger partial charge < -0.3 is 19.0 Å². The Morgan fingerprint density at radius 3 is 2.48 bits per heavy atom. The number of carbonyl (C=O) groups is 1. The Balaban J connectivity index is 1.85. The number of amides is 1. The monoisotopic (exact) mass is 558 g/mol. The molecule has 0 aromatic heterocycles. The number of halogens is 2. The van der Waals surface area contributed by atoms with E-state index in [0.29, 0.717) is 13.2 Å². The third kappa shape index (κ3) is 6.27. The van der Waals surface area contributed by atoms with Gasteiger partial charge >= 0.3 is 6.09 Å². The van der Waals surface area contributed by atoms with Gasteiger partial charge in [0.1, 0.15) is 5.60 Å². The third-order valence-corrected chi connectivity index (χ3v) is 12.5. The largest absolute Gasteiger partial charge is 0.444 e. The number of aryl methyl sites for hydroxylation is 1. The number of hydrogen-bond acceptors (Lipinski definition) is 4. The molecule has 0 aliphatic carbocycles. The fraction of sp³-hybridized carbons (Fsp3) is 0.720. The number of likely N-dealkylation sites (tertiary alicyclic amines) is 1. The maximum absolute atomic E-state index is 13.2. The summed E-state index contributed by atoms with van der Waals surface area (Å²) in [5.41, 5.74) is 1.95. The molecular formula is C25H40BrClN2O3Si. The number of rotatable bonds is 4. The molecule has 0 radical (unpaired) electrons. The summed E-state index contributed by atoms with van der Waals surface area (Å²) in [6.07, 6.45) is 2.71. The van der Waals surface area contributed by atoms with Crippen LogP contribution in [0, 0.1) is 0 Å². The fourth-order valence-electron chi connectivity index (χ4n) is 4.39. The minimum atomic E-state index is -1.93. The summed E-state index contributed by atoms with van der Waals surface area (Å²) < 4.78 is 13.4. The van der Waals surface area contributed by atoms with Crippen molar-refractivity contribution in [2.75, 3.05) is 24.6 Å². The number of carbonyl (C=O) groups excluding carboxylic acids is 1. The second kappa shape index (κ2) is 9.71. The Bertz CT molecular complexity index is 882. The van der Waals surface area contributed by atoms with Crippen LogP contribution in [0.15, 0.2) is 16.6 Å². The van der Waals surface area contributed by atoms with Gasteiger partial charge in [-0.05, 0) is 91.8 Å². The van der Waals surface area contributed by atoms with Crippen molar-refractivity contribution in [1.29, 1.82) is 0 Å². The molecule has 8 heteroatoms. The summed E-state index contributed by atoms with van der Waals surface area (Å²) in [5, 5.41) is 0.877. The first-order valence-electron chi connectivity index (χ1n) is 12.0. The van der Waals surface area contributed by atoms with Crippen LogP contribution >= 0.6 is 27.5 Å². The molecule has 2 atom stereocenters. The van der Waals surface area contributed by atoms with Crippen molar-refractivity contribution in [3.05, 3.63) is 27.2 Å². The Kier molecular flexibility index (Phi) is 7.89. The lowest BCUT2D eigenvalue weighted by atomic mass is 9.99. The first-order chi connectivity index (χ1) is 15.1. The molecule has 0 bridgehead atoms. The molecule has 2 heterocycles. The van der Waals surface area contributed by atoms with Crippen molar-refractivity contribution < 1.29 is 14.0 Å². The molecule has 33 heavy (non-hydrogen) atoms. The average molecular weight is 560 g/mol. The summed E-state index contributed by atoms with van der Waals surface area (Å²) in [4.78, 5) is 17.6. The molecule has 0 spiro atoms. The molecular weight excluding hydrogens is 520 g/mol. The molecule has 5 nitrogen and oxygen atoms in total. The van der Waals surface area contributed by atoms with Gasteiger partial charge in [0.15, 0.2) is 8.32 Å². The van der Waals surface area contributed by atoms with Crippen molar-refractivity contribution >= 4 is 47.6 Å². The summed E-state index contributed by atoms with van der Waals surface area (Å²) in [6, 6.07) is 4.25. The first kappa shape index (κ1) is 26.8. The van der Waals surface area contributed by atoms with E-state index in [0.717, 1.165) is 35.3 Å². The Morgan fingerprint density at radius 1 is 1.21 bits per heavy atom. The van der Waals surface area contributed by atoms with Crippen LogP contribution in [-0.2, 0) is 15.6 Å². The van der Waals surface area contributed by atoms with E-state index in [1.165, 1.54) is 11.3 Å². The highest BCUT2D eigenvalue weighted by atomic mass is 79.9. The fourth-order valence-corrected chi connectivity index (χ4v) is 6.53. The molecule has 2 aliphatic heterocycles. The molecule has 0 N–H and O–H groups in total. The van der Waals surface area contributed by atoms with Crippen molar-refractivity contribution in [2.24, 2.45) is 0 Å². The number of benzene rings is 1. The van der Waals surface area contributed by atoms with Crippen molar-refractivity contribution in [3.63, 3.8) is 0 Å². The van der Waals surface area contributed by atoms with Gasteiger partial charge in [-0.2, -0.15) is 0 Å². The molecule has 1 fully saturated rings. The topological polar surface area (TPSA) is 42.0 Å². The average Bonchev–Trinajstić information content (AvgIpc) is 3.08. The van der Waals surface area contributed by atoms with Gasteiger partial charge in [0.2, 0.25) is 0 Å². The van der Waals surface area contributed by atoms with Crippen molar-refractivity contribution in [1.82, 2.24) is 4.90 Å². The summed E-state index contributed by atoms with van der Waals surface area (Å²) in [5.74, 6) is 0. The highest BCUT2D eigenvalue weighted by Crippen LogP contribution is 2.41. The first-order valence-corrected chi connectivity index (χ1v) is 16.0. The van der Waals surface area contributed by atoms with Gasteiger partial charge in [0, 0.05) is 28.6 Å². The van der Waals surface area contributed by atoms with Crippen LogP contribution in [0.1, 0.15) is 59.9 Å². The zero-order valence-corrected chi connectivity index (χ0v) is 24.8. The SMILES string of the molecule is CC(C)(C)OC(=O)N1C[C@H](N2CCCc3cc(Cl)cc(Br)c32)C[C@H]1CO[Si](C)(C)C(C)(C)C. The lowest BCUT2D eigenvalue weighted by molar-refractivity contribution is 0.0180. The molecule has 1 aromatic carbocycles. The van der Waals surface area contributed by atoms with E-state index in [2.05, 4.69) is 60.8 Å². The van der Waals surface area contributed by atoms with E-state index in [-0.39, 0.29) is 23.2 Å². The van der Waals surface area contributed by atoms with Crippen LogP contribution in [0.5, 0.6) is 0 Å². The van der Waals surface area contributed by atoms with Gasteiger partial charge in [0.25, 0.3) is 0 Å². The Hall–Kier alpha value is -0.763. The van der Waals surface area contributed by atoms with Gasteiger partial charge in [-0.25, -0.2) is 4.79 Å². The van der Waals surface area contributed by atoms with Crippen molar-refractivity contribution in [2.45, 2.75) is 96.6 Å². The van der Waals surface area contributed by atoms with Gasteiger partial charge in [-0.3, -0.25) is 0 Å². The van der Waals surface area contributed by atoms with Crippen LogP contribution < -0.4 is 4.90 Å². The molecule has 186 valence electrons. The van der Waals surface area contributed by atoms with Crippen LogP contribution in [0.25, 0.3) is 0 Å². The molecule has 0 unspecified atom stereocenters. The number of ether oxygens (including phenoxy) is 1. The van der Waals surface area contributed by atoms with Gasteiger partial charge in [-0.15, -0.1) is 0 Å². The van der Waals surface area contributed by atoms with E-state index in [1.807, 2.05) is 31.7 Å². The number of anilines is 1. The maximum Gasteiger partial charge on any atom is 0.410 e. The highest BCUT2D eigenvalue weighted by molar-refractivity contribution is 9.10. The van der Waals surface area contributed by atoms with Gasteiger partial charge in [-0.1, -0.05) is 32.4 Å². The Morgan fingerprint density at radius 2 is 1.88 bits per heavy atom. The van der Waals surface area contributed by atoms with Crippen molar-refractivity contribution in [3.8, 4) is 0 Å². The molecule has 2 aliphatic rings. The van der Waals surface area contributed by atoms with E-state index >= 15 is 0 Å². The zero-order valence-electron chi connectivity index (χ0n) is 21.4. The number of hydrogen-bond donors (Lipinski definition) is 0. The predicted molar refractivity (Wildman–Crippen MR) is 143 cm³/mol. The molecule has 1 aromatic rings. The van der Waals surface area contributed by atoms with Crippen LogP contribution in [0.4, 0.5) is 10.5 Å². The zero-order chi connectivity index (χ0) is 24.8. The molecule has 3 rings (SSSR count). The second-order valence-corrected chi connectivity index (χ2v) is 18.0. The minimum Gasteiger partial charge on any atom is -0.444 e. The number of nitrogens with zero attached hydrogens (tertiary/aromatic N) is 2. The summed E-state index contributed by atoms with van der Waals surface area (Å²) in [6.45, 7) is 19.2. The molecule has 1 amide bonds. The standard InChI is InChI=1S/C25H40BrClN2O3Si/c1-24(2,3)32-23(30)29-15-19(14-20(29)16-31-33(7,8)25(4,5)6)28-11-9-10-17-12-18(27)13-21(26)22(17)28/h12-13,19-20H,9-11,14-16H2,1-8H3/t19-,20+/m1/s1. The van der Waals surface area contributed by atoms with Crippen LogP contribution in [0.2, 0.25) is 23.2 Å². The predicted octanol–water partition coefficient (Wildman–Crippen LogP) is 7.25. The van der Waals surface area contributed by atoms with E-state index in [4.69, 9.17) is 20.8 Å². The second-order valence-electron chi connectivity index (χ2n) is 11.9. The lowest BCUT2D eigenvalue weighted by Crippen LogP contribution is -2.47. The van der Waals surface area contributed by atoms with Crippen LogP contribution in [0.3, 0.4) is 0 Å². The Labute approximate surface area is 214 Å². The molecule has 0 saturated carbocycles. The third-order valence-electron chi connectivity index (χ3n) is 7.14. The molecule has 1 saturated heterocycles. The number of fused-ring (bicyclic) bond motifs is 1. The normalized spacial score (nSPS) is 21.9.